The van der Waals surface area contributed by atoms with Crippen LogP contribution in [0.4, 0.5) is 33.0 Å². The van der Waals surface area contributed by atoms with Crippen LogP contribution in [0.1, 0.15) is 20.3 Å². The molecule has 0 fully saturated rings. The average molecular weight is 607 g/mol. The molecule has 2 N–H and O–H groups in total. The van der Waals surface area contributed by atoms with Crippen molar-refractivity contribution in [2.75, 3.05) is 69.1 Å². The van der Waals surface area contributed by atoms with Crippen molar-refractivity contribution in [3.8, 4) is 11.5 Å². The maximum absolute atomic E-state index is 12.4. The zero-order chi connectivity index (χ0) is 31.0. The van der Waals surface area contributed by atoms with Gasteiger partial charge in [-0.05, 0) is 53.7 Å². The van der Waals surface area contributed by atoms with Crippen LogP contribution in [0.3, 0.4) is 0 Å². The topological polar surface area (TPSA) is 122 Å². The number of benzene rings is 2. The number of rotatable bonds is 17. The smallest absolute Gasteiger partial charge is 0.432 e. The molecule has 226 valence electrons. The molecule has 0 spiro atoms. The first-order valence-corrected chi connectivity index (χ1v) is 14.5. The Hall–Kier alpha value is -4.79. The highest BCUT2D eigenvalue weighted by Gasteiger charge is 2.24. The van der Waals surface area contributed by atoms with E-state index in [1.165, 1.54) is 11.3 Å². The number of anilines is 4. The number of hydrogen-bond acceptors (Lipinski definition) is 10. The van der Waals surface area contributed by atoms with Gasteiger partial charge in [0.15, 0.2) is 0 Å². The summed E-state index contributed by atoms with van der Waals surface area (Å²) in [7, 11) is 3.18. The lowest BCUT2D eigenvalue weighted by Crippen LogP contribution is -2.36. The molecule has 3 aromatic rings. The zero-order valence-corrected chi connectivity index (χ0v) is 25.6. The summed E-state index contributed by atoms with van der Waals surface area (Å²) in [5.74, 6) is 1.04. The number of azo groups is 1. The molecule has 14 heteroatoms. The fraction of sp³-hybridized carbons (Fsp3) is 0.414. The van der Waals surface area contributed by atoms with Gasteiger partial charge in [0.05, 0.1) is 43.3 Å². The van der Waals surface area contributed by atoms with Crippen LogP contribution in [0.5, 0.6) is 11.5 Å². The number of nitrogens with zero attached hydrogens (tertiary/aromatic N) is 7. The molecule has 3 rings (SSSR count). The van der Waals surface area contributed by atoms with Crippen molar-refractivity contribution in [1.29, 1.82) is 0 Å². The minimum absolute atomic E-state index is 0.177. The first-order valence-electron chi connectivity index (χ1n) is 13.7. The third-order valence-electron chi connectivity index (χ3n) is 5.99. The lowest BCUT2D eigenvalue weighted by Gasteiger charge is -2.15. The number of carbonyl (C=O) groups excluding carboxylic acids is 1. The number of methoxy groups -OCH3 is 2. The molecule has 2 aromatic carbocycles. The molecule has 0 unspecified atom stereocenters. The van der Waals surface area contributed by atoms with E-state index in [1.807, 2.05) is 36.1 Å². The van der Waals surface area contributed by atoms with Gasteiger partial charge in [-0.3, -0.25) is 4.79 Å². The second kappa shape index (κ2) is 17.2. The van der Waals surface area contributed by atoms with Gasteiger partial charge in [0.2, 0.25) is 24.1 Å². The first kappa shape index (κ1) is 32.7. The Kier molecular flexibility index (Phi) is 13.1. The average Bonchev–Trinajstić information content (AvgIpc) is 3.44. The van der Waals surface area contributed by atoms with Gasteiger partial charge in [0.1, 0.15) is 30.3 Å². The standard InChI is InChI=1S/C29H35N9O4S/c1-7-27(39)33-23-19-25(32-21-9-11-22(12-10-21)42-18-17-40-5)26(41-6)20-24(23)34-35-28-38(8-2)36-29(43-28)37(15-13-30-3)16-14-31-4/h9-12,19-20H,7-8,13-18H2,1-2,5-6H3,(H,32,33,39)/p+1. The normalized spacial score (nSPS) is 10.7. The molecular formula is C29H36N9O4S+. The summed E-state index contributed by atoms with van der Waals surface area (Å²) < 4.78 is 18.0. The van der Waals surface area contributed by atoms with Gasteiger partial charge in [-0.2, -0.15) is 0 Å². The first-order chi connectivity index (χ1) is 21.0. The minimum atomic E-state index is -0.177. The Bertz CT molecular complexity index is 1440. The number of hydrogen-bond donors (Lipinski definition) is 2. The van der Waals surface area contributed by atoms with Gasteiger partial charge < -0.3 is 39.4 Å². The van der Waals surface area contributed by atoms with E-state index in [4.69, 9.17) is 27.4 Å². The minimum Gasteiger partial charge on any atom is -0.494 e. The van der Waals surface area contributed by atoms with Crippen LogP contribution in [-0.4, -0.2) is 64.6 Å². The van der Waals surface area contributed by atoms with Gasteiger partial charge in [-0.15, -0.1) is 4.68 Å². The molecule has 1 heterocycles. The monoisotopic (exact) mass is 606 g/mol. The molecule has 0 aliphatic heterocycles. The molecule has 1 amide bonds. The van der Waals surface area contributed by atoms with Gasteiger partial charge in [0.25, 0.3) is 0 Å². The van der Waals surface area contributed by atoms with Gasteiger partial charge in [0, 0.05) is 25.3 Å². The Morgan fingerprint density at radius 3 is 2.37 bits per heavy atom. The van der Waals surface area contributed by atoms with Crippen LogP contribution in [0, 0.1) is 13.1 Å². The molecule has 0 aliphatic rings. The molecular weight excluding hydrogens is 570 g/mol. The molecule has 13 nitrogen and oxygen atoms in total. The predicted octanol–water partition coefficient (Wildman–Crippen LogP) is 5.64. The molecule has 0 radical (unpaired) electrons. The Labute approximate surface area is 255 Å². The second-order valence-electron chi connectivity index (χ2n) is 8.90. The number of ether oxygens (including phenoxy) is 3. The maximum atomic E-state index is 12.4. The van der Waals surface area contributed by atoms with Gasteiger partial charge >= 0.3 is 5.13 Å². The second-order valence-corrected chi connectivity index (χ2v) is 9.83. The highest BCUT2D eigenvalue weighted by molar-refractivity contribution is 7.18. The van der Waals surface area contributed by atoms with E-state index in [9.17, 15) is 4.79 Å². The van der Waals surface area contributed by atoms with Crippen LogP contribution in [0.25, 0.3) is 9.69 Å². The lowest BCUT2D eigenvalue weighted by molar-refractivity contribution is -0.733. The van der Waals surface area contributed by atoms with E-state index in [2.05, 4.69) is 35.7 Å². The van der Waals surface area contributed by atoms with Crippen molar-refractivity contribution in [1.82, 2.24) is 5.10 Å². The highest BCUT2D eigenvalue weighted by atomic mass is 32.1. The molecule has 0 aliphatic carbocycles. The molecule has 0 bridgehead atoms. The van der Waals surface area contributed by atoms with Crippen molar-refractivity contribution in [3.05, 3.63) is 59.2 Å². The SMILES string of the molecule is [C-]#[N+]CCN(CC[N+]#[C-])c1n[n+](CC)c(N=Nc2cc(OC)c(Nc3ccc(OCCOC)cc3)cc2NC(=O)CC)s1. The molecule has 0 atom stereocenters. The third kappa shape index (κ3) is 9.63. The van der Waals surface area contributed by atoms with Crippen molar-refractivity contribution in [3.63, 3.8) is 0 Å². The van der Waals surface area contributed by atoms with Crippen LogP contribution >= 0.6 is 11.3 Å². The van der Waals surface area contributed by atoms with Gasteiger partial charge in [-0.1, -0.05) is 12.0 Å². The molecule has 0 saturated carbocycles. The summed E-state index contributed by atoms with van der Waals surface area (Å²) >= 11 is 1.32. The maximum Gasteiger partial charge on any atom is 0.432 e. The fourth-order valence-corrected chi connectivity index (χ4v) is 4.71. The van der Waals surface area contributed by atoms with E-state index in [1.54, 1.807) is 38.0 Å². The molecule has 1 aromatic heterocycles. The van der Waals surface area contributed by atoms with Crippen molar-refractivity contribution >= 4 is 50.3 Å². The van der Waals surface area contributed by atoms with Crippen LogP contribution in [0.15, 0.2) is 46.6 Å². The van der Waals surface area contributed by atoms with E-state index in [0.29, 0.717) is 79.0 Å². The summed E-state index contributed by atoms with van der Waals surface area (Å²) in [6.45, 7) is 21.0. The third-order valence-corrected chi connectivity index (χ3v) is 6.99. The Morgan fingerprint density at radius 1 is 1.05 bits per heavy atom. The Balaban J connectivity index is 1.93. The highest BCUT2D eigenvalue weighted by Crippen LogP contribution is 2.39. The Morgan fingerprint density at radius 2 is 1.77 bits per heavy atom. The lowest BCUT2D eigenvalue weighted by atomic mass is 10.2. The van der Waals surface area contributed by atoms with E-state index >= 15 is 0 Å². The molecule has 43 heavy (non-hydrogen) atoms. The van der Waals surface area contributed by atoms with Crippen LogP contribution in [0.2, 0.25) is 0 Å². The summed E-state index contributed by atoms with van der Waals surface area (Å²) in [5, 5.41) is 21.0. The van der Waals surface area contributed by atoms with Crippen molar-refractivity contribution in [2.24, 2.45) is 10.2 Å². The molecule has 0 saturated heterocycles. The fourth-order valence-electron chi connectivity index (χ4n) is 3.74. The van der Waals surface area contributed by atoms with E-state index in [-0.39, 0.29) is 12.3 Å². The van der Waals surface area contributed by atoms with Crippen LogP contribution < -0.4 is 29.7 Å². The van der Waals surface area contributed by atoms with Crippen molar-refractivity contribution < 1.29 is 23.7 Å². The van der Waals surface area contributed by atoms with E-state index < -0.39 is 0 Å². The largest absolute Gasteiger partial charge is 0.494 e. The quantitative estimate of drug-likeness (QED) is 0.0883. The number of aryl methyl sites for hydroxylation is 1. The summed E-state index contributed by atoms with van der Waals surface area (Å²) in [6, 6.07) is 10.9. The van der Waals surface area contributed by atoms with Crippen molar-refractivity contribution in [2.45, 2.75) is 26.8 Å². The number of carbonyl (C=O) groups is 1. The number of aromatic nitrogens is 2. The van der Waals surface area contributed by atoms with Gasteiger partial charge in [-0.25, -0.2) is 13.1 Å². The zero-order valence-electron chi connectivity index (χ0n) is 24.8. The summed E-state index contributed by atoms with van der Waals surface area (Å²) in [6.07, 6.45) is 0.287. The van der Waals surface area contributed by atoms with Crippen LogP contribution in [-0.2, 0) is 16.1 Å². The number of nitrogens with one attached hydrogen (secondary N) is 2. The summed E-state index contributed by atoms with van der Waals surface area (Å²) in [5.41, 5.74) is 2.28. The van der Waals surface area contributed by atoms with E-state index in [0.717, 1.165) is 11.4 Å². The predicted molar refractivity (Wildman–Crippen MR) is 166 cm³/mol. The number of amides is 1. The summed E-state index contributed by atoms with van der Waals surface area (Å²) in [4.78, 5) is 21.2.